The average Bonchev–Trinajstić information content (AvgIpc) is 3.32. The van der Waals surface area contributed by atoms with Crippen molar-refractivity contribution in [2.24, 2.45) is 10.8 Å². The molecular weight excluding hydrogens is 472 g/mol. The largest absolute Gasteiger partial charge is 0.375 e. The molecule has 4 aliphatic heterocycles. The van der Waals surface area contributed by atoms with Crippen LogP contribution < -0.4 is 4.90 Å². The number of hydrogen-bond acceptors (Lipinski definition) is 6. The van der Waals surface area contributed by atoms with Crippen LogP contribution in [0.3, 0.4) is 0 Å². The van der Waals surface area contributed by atoms with Crippen molar-refractivity contribution in [3.63, 3.8) is 0 Å². The predicted octanol–water partition coefficient (Wildman–Crippen LogP) is 4.53. The molecule has 0 atom stereocenters. The third-order valence-electron chi connectivity index (χ3n) is 9.26. The summed E-state index contributed by atoms with van der Waals surface area (Å²) >= 11 is 0. The van der Waals surface area contributed by atoms with Gasteiger partial charge in [-0.15, -0.1) is 0 Å². The first-order valence-corrected chi connectivity index (χ1v) is 15.6. The molecule has 0 saturated carbocycles. The molecule has 1 aromatic rings. The number of piperidine rings is 3. The summed E-state index contributed by atoms with van der Waals surface area (Å²) in [5.41, 5.74) is 0.560. The van der Waals surface area contributed by atoms with Crippen LogP contribution in [0.5, 0.6) is 0 Å². The van der Waals surface area contributed by atoms with Gasteiger partial charge in [-0.2, -0.15) is 4.31 Å². The summed E-state index contributed by atoms with van der Waals surface area (Å²) in [7, 11) is -3.53. The zero-order chi connectivity index (χ0) is 25.4. The molecule has 4 fully saturated rings. The number of likely N-dealkylation sites (tertiary alicyclic amines) is 1. The topological polar surface area (TPSA) is 66.0 Å². The molecule has 5 heterocycles. The highest BCUT2D eigenvalue weighted by Crippen LogP contribution is 2.42. The highest BCUT2D eigenvalue weighted by molar-refractivity contribution is 7.89. The lowest BCUT2D eigenvalue weighted by atomic mass is 9.73. The fourth-order valence-corrected chi connectivity index (χ4v) is 8.21. The number of pyridine rings is 1. The number of ether oxygens (including phenoxy) is 1. The van der Waals surface area contributed by atoms with Gasteiger partial charge in [-0.25, -0.2) is 13.4 Å². The van der Waals surface area contributed by atoms with Crippen LogP contribution in [0.1, 0.15) is 78.6 Å². The monoisotopic (exact) mass is 518 g/mol. The summed E-state index contributed by atoms with van der Waals surface area (Å²) in [5, 5.41) is 0. The second kappa shape index (κ2) is 10.2. The van der Waals surface area contributed by atoms with Crippen LogP contribution in [0.4, 0.5) is 5.82 Å². The van der Waals surface area contributed by atoms with Gasteiger partial charge in [0.05, 0.1) is 5.60 Å². The van der Waals surface area contributed by atoms with Crippen molar-refractivity contribution in [3.05, 3.63) is 18.3 Å². The fourth-order valence-electron chi connectivity index (χ4n) is 6.67. The van der Waals surface area contributed by atoms with Crippen molar-refractivity contribution in [1.82, 2.24) is 14.2 Å². The normalized spacial score (nSPS) is 25.6. The van der Waals surface area contributed by atoms with E-state index in [0.717, 1.165) is 96.5 Å². The van der Waals surface area contributed by atoms with Gasteiger partial charge in [0, 0.05) is 39.0 Å². The van der Waals surface area contributed by atoms with E-state index in [0.29, 0.717) is 23.4 Å². The number of aromatic nitrogens is 1. The van der Waals surface area contributed by atoms with Gasteiger partial charge < -0.3 is 14.5 Å². The van der Waals surface area contributed by atoms with Gasteiger partial charge in [0.15, 0.2) is 0 Å². The molecule has 0 aliphatic carbocycles. The standard InChI is InChI=1S/C28H46N4O3S/c1-26(2,3)10-16-30-17-11-27(12-18-30)8-4-15-32(23-27)36(33,34)24-6-7-25(29-22-24)31-19-13-28(14-20-31)9-5-21-35-28/h6-7,22H,4-5,8-21,23H2,1-3H3. The van der Waals surface area contributed by atoms with Crippen molar-refractivity contribution in [1.29, 1.82) is 0 Å². The van der Waals surface area contributed by atoms with E-state index in [1.165, 1.54) is 6.42 Å². The Labute approximate surface area is 218 Å². The summed E-state index contributed by atoms with van der Waals surface area (Å²) < 4.78 is 35.0. The van der Waals surface area contributed by atoms with E-state index >= 15 is 0 Å². The molecule has 1 aromatic heterocycles. The Morgan fingerprint density at radius 1 is 0.944 bits per heavy atom. The molecule has 5 rings (SSSR count). The Bertz CT molecular complexity index is 981. The van der Waals surface area contributed by atoms with Gasteiger partial charge in [0.25, 0.3) is 0 Å². The van der Waals surface area contributed by atoms with E-state index < -0.39 is 10.0 Å². The second-order valence-corrected chi connectivity index (χ2v) is 15.0. The van der Waals surface area contributed by atoms with E-state index in [1.807, 2.05) is 6.07 Å². The number of nitrogens with zero attached hydrogens (tertiary/aromatic N) is 4. The molecule has 0 aromatic carbocycles. The maximum atomic E-state index is 13.6. The van der Waals surface area contributed by atoms with Gasteiger partial charge in [-0.1, -0.05) is 20.8 Å². The Balaban J connectivity index is 1.18. The molecule has 4 aliphatic rings. The Hall–Kier alpha value is -1.22. The van der Waals surface area contributed by atoms with E-state index in [-0.39, 0.29) is 11.0 Å². The van der Waals surface area contributed by atoms with Crippen molar-refractivity contribution in [3.8, 4) is 0 Å². The van der Waals surface area contributed by atoms with Crippen molar-refractivity contribution in [2.75, 3.05) is 57.3 Å². The van der Waals surface area contributed by atoms with Gasteiger partial charge in [0.1, 0.15) is 10.7 Å². The summed E-state index contributed by atoms with van der Waals surface area (Å²) in [6, 6.07) is 3.66. The molecule has 0 amide bonds. The smallest absolute Gasteiger partial charge is 0.244 e. The SMILES string of the molecule is CC(C)(C)CCN1CCC2(CCCN(S(=O)(=O)c3ccc(N4CCC5(CCCO5)CC4)nc3)C2)CC1. The quantitative estimate of drug-likeness (QED) is 0.571. The molecule has 0 N–H and O–H groups in total. The lowest BCUT2D eigenvalue weighted by Gasteiger charge is -2.47. The van der Waals surface area contributed by atoms with E-state index in [2.05, 4.69) is 35.6 Å². The first-order chi connectivity index (χ1) is 17.1. The van der Waals surface area contributed by atoms with Crippen LogP contribution in [-0.4, -0.2) is 80.6 Å². The highest BCUT2D eigenvalue weighted by atomic mass is 32.2. The molecule has 36 heavy (non-hydrogen) atoms. The molecule has 0 unspecified atom stereocenters. The molecule has 4 saturated heterocycles. The third-order valence-corrected chi connectivity index (χ3v) is 11.1. The Morgan fingerprint density at radius 3 is 2.31 bits per heavy atom. The Kier molecular flexibility index (Phi) is 7.45. The average molecular weight is 519 g/mol. The first kappa shape index (κ1) is 26.4. The maximum Gasteiger partial charge on any atom is 0.244 e. The van der Waals surface area contributed by atoms with Crippen LogP contribution in [0.15, 0.2) is 23.2 Å². The van der Waals surface area contributed by atoms with Crippen LogP contribution in [-0.2, 0) is 14.8 Å². The fraction of sp³-hybridized carbons (Fsp3) is 0.821. The van der Waals surface area contributed by atoms with Crippen LogP contribution in [0.2, 0.25) is 0 Å². The van der Waals surface area contributed by atoms with E-state index in [4.69, 9.17) is 4.74 Å². The summed E-state index contributed by atoms with van der Waals surface area (Å²) in [6.45, 7) is 14.2. The maximum absolute atomic E-state index is 13.6. The minimum absolute atomic E-state index is 0.0761. The molecule has 8 heteroatoms. The minimum atomic E-state index is -3.53. The van der Waals surface area contributed by atoms with Crippen LogP contribution in [0, 0.1) is 10.8 Å². The molecule has 2 spiro atoms. The third kappa shape index (κ3) is 5.77. The zero-order valence-corrected chi connectivity index (χ0v) is 23.5. The van der Waals surface area contributed by atoms with Crippen molar-refractivity contribution in [2.45, 2.75) is 89.1 Å². The van der Waals surface area contributed by atoms with Gasteiger partial charge in [-0.3, -0.25) is 0 Å². The van der Waals surface area contributed by atoms with E-state index in [9.17, 15) is 8.42 Å². The van der Waals surface area contributed by atoms with E-state index in [1.54, 1.807) is 16.6 Å². The summed E-state index contributed by atoms with van der Waals surface area (Å²) in [4.78, 5) is 9.78. The molecular formula is C28H46N4O3S. The minimum Gasteiger partial charge on any atom is -0.375 e. The first-order valence-electron chi connectivity index (χ1n) is 14.2. The lowest BCUT2D eigenvalue weighted by molar-refractivity contribution is -0.0147. The summed E-state index contributed by atoms with van der Waals surface area (Å²) in [6.07, 6.45) is 11.5. The molecule has 0 bridgehead atoms. The molecule has 0 radical (unpaired) electrons. The second-order valence-electron chi connectivity index (χ2n) is 13.1. The number of anilines is 1. The van der Waals surface area contributed by atoms with Gasteiger partial charge in [-0.05, 0) is 100 Å². The molecule has 202 valence electrons. The lowest BCUT2D eigenvalue weighted by Crippen LogP contribution is -2.51. The van der Waals surface area contributed by atoms with Gasteiger partial charge in [0.2, 0.25) is 10.0 Å². The van der Waals surface area contributed by atoms with Crippen LogP contribution >= 0.6 is 0 Å². The molecule has 7 nitrogen and oxygen atoms in total. The number of rotatable bonds is 5. The predicted molar refractivity (Wildman–Crippen MR) is 144 cm³/mol. The van der Waals surface area contributed by atoms with Crippen molar-refractivity contribution < 1.29 is 13.2 Å². The summed E-state index contributed by atoms with van der Waals surface area (Å²) in [5.74, 6) is 0.875. The van der Waals surface area contributed by atoms with Gasteiger partial charge >= 0.3 is 0 Å². The number of hydrogen-bond donors (Lipinski definition) is 0. The van der Waals surface area contributed by atoms with Crippen molar-refractivity contribution >= 4 is 15.8 Å². The highest BCUT2D eigenvalue weighted by Gasteiger charge is 2.42. The number of sulfonamides is 1. The van der Waals surface area contributed by atoms with Crippen LogP contribution in [0.25, 0.3) is 0 Å². The Morgan fingerprint density at radius 2 is 1.69 bits per heavy atom. The zero-order valence-electron chi connectivity index (χ0n) is 22.7.